The number of fused-ring (bicyclic) bond motifs is 1. The standard InChI is InChI=1S/C17H18N2O2/c1-2-18-14-10-6-7-11-15(14)19(17(18)21)12-16(20)13-8-4-3-5-9-13/h3-11,16,20H,2,12H2,1H3. The molecule has 1 heterocycles. The summed E-state index contributed by atoms with van der Waals surface area (Å²) < 4.78 is 3.38. The highest BCUT2D eigenvalue weighted by atomic mass is 16.3. The van der Waals surface area contributed by atoms with Crippen LogP contribution in [0.25, 0.3) is 11.0 Å². The van der Waals surface area contributed by atoms with E-state index in [2.05, 4.69) is 0 Å². The molecule has 0 saturated heterocycles. The molecule has 1 aromatic heterocycles. The Morgan fingerprint density at radius 2 is 1.52 bits per heavy atom. The van der Waals surface area contributed by atoms with Gasteiger partial charge in [0.1, 0.15) is 0 Å². The van der Waals surface area contributed by atoms with Crippen LogP contribution in [-0.4, -0.2) is 14.2 Å². The van der Waals surface area contributed by atoms with Gasteiger partial charge >= 0.3 is 5.69 Å². The van der Waals surface area contributed by atoms with E-state index in [9.17, 15) is 9.90 Å². The molecule has 3 rings (SSSR count). The predicted molar refractivity (Wildman–Crippen MR) is 83.3 cm³/mol. The zero-order valence-corrected chi connectivity index (χ0v) is 11.9. The molecule has 21 heavy (non-hydrogen) atoms. The number of hydrogen-bond donors (Lipinski definition) is 1. The van der Waals surface area contributed by atoms with Crippen molar-refractivity contribution in [2.75, 3.05) is 0 Å². The quantitative estimate of drug-likeness (QED) is 0.799. The van der Waals surface area contributed by atoms with Gasteiger partial charge in [-0.15, -0.1) is 0 Å². The first-order valence-electron chi connectivity index (χ1n) is 7.13. The van der Waals surface area contributed by atoms with Crippen LogP contribution in [0.1, 0.15) is 18.6 Å². The summed E-state index contributed by atoms with van der Waals surface area (Å²) in [5, 5.41) is 10.4. The third-order valence-electron chi connectivity index (χ3n) is 3.78. The van der Waals surface area contributed by atoms with Gasteiger partial charge in [0.15, 0.2) is 0 Å². The molecule has 2 aromatic carbocycles. The van der Waals surface area contributed by atoms with Crippen LogP contribution in [-0.2, 0) is 13.1 Å². The number of imidazole rings is 1. The van der Waals surface area contributed by atoms with E-state index in [1.54, 1.807) is 9.13 Å². The van der Waals surface area contributed by atoms with Crippen LogP contribution in [0.5, 0.6) is 0 Å². The molecule has 0 amide bonds. The molecule has 108 valence electrons. The summed E-state index contributed by atoms with van der Waals surface area (Å²) in [6.07, 6.45) is -0.694. The van der Waals surface area contributed by atoms with E-state index in [1.807, 2.05) is 61.5 Å². The molecule has 0 saturated carbocycles. The summed E-state index contributed by atoms with van der Waals surface area (Å²) >= 11 is 0. The lowest BCUT2D eigenvalue weighted by Crippen LogP contribution is -2.26. The predicted octanol–water partition coefficient (Wildman–Crippen LogP) is 2.56. The fraction of sp³-hybridized carbons (Fsp3) is 0.235. The fourth-order valence-electron chi connectivity index (χ4n) is 2.71. The molecule has 0 spiro atoms. The van der Waals surface area contributed by atoms with E-state index in [1.165, 1.54) is 0 Å². The Labute approximate surface area is 122 Å². The molecule has 4 heteroatoms. The fourth-order valence-corrected chi connectivity index (χ4v) is 2.71. The van der Waals surface area contributed by atoms with Gasteiger partial charge in [0.2, 0.25) is 0 Å². The third-order valence-corrected chi connectivity index (χ3v) is 3.78. The molecule has 1 atom stereocenters. The summed E-state index contributed by atoms with van der Waals surface area (Å²) in [6.45, 7) is 2.83. The molecule has 0 fully saturated rings. The highest BCUT2D eigenvalue weighted by molar-refractivity contribution is 5.76. The highest BCUT2D eigenvalue weighted by Crippen LogP contribution is 2.18. The van der Waals surface area contributed by atoms with Crippen LogP contribution in [0.3, 0.4) is 0 Å². The van der Waals surface area contributed by atoms with Gasteiger partial charge in [-0.3, -0.25) is 9.13 Å². The molecule has 1 N–H and O–H groups in total. The molecule has 0 bridgehead atoms. The number of benzene rings is 2. The topological polar surface area (TPSA) is 47.2 Å². The van der Waals surface area contributed by atoms with Gasteiger partial charge in [0, 0.05) is 6.54 Å². The van der Waals surface area contributed by atoms with Crippen molar-refractivity contribution in [2.45, 2.75) is 26.1 Å². The summed E-state index contributed by atoms with van der Waals surface area (Å²) in [7, 11) is 0. The first-order chi connectivity index (χ1) is 10.2. The molecular formula is C17H18N2O2. The van der Waals surface area contributed by atoms with E-state index in [-0.39, 0.29) is 12.2 Å². The number of rotatable bonds is 4. The number of nitrogens with zero attached hydrogens (tertiary/aromatic N) is 2. The third kappa shape index (κ3) is 2.38. The smallest absolute Gasteiger partial charge is 0.329 e. The molecule has 0 aliphatic carbocycles. The second kappa shape index (κ2) is 5.58. The normalized spacial score (nSPS) is 12.7. The van der Waals surface area contributed by atoms with Gasteiger partial charge in [-0.05, 0) is 24.6 Å². The van der Waals surface area contributed by atoms with Gasteiger partial charge in [-0.1, -0.05) is 42.5 Å². The summed E-state index contributed by atoms with van der Waals surface area (Å²) in [6, 6.07) is 17.1. The van der Waals surface area contributed by atoms with Gasteiger partial charge in [-0.2, -0.15) is 0 Å². The van der Waals surface area contributed by atoms with Gasteiger partial charge in [0.25, 0.3) is 0 Å². The lowest BCUT2D eigenvalue weighted by molar-refractivity contribution is 0.156. The van der Waals surface area contributed by atoms with Crippen LogP contribution in [0.2, 0.25) is 0 Å². The molecule has 0 radical (unpaired) electrons. The largest absolute Gasteiger partial charge is 0.387 e. The minimum atomic E-state index is -0.694. The maximum atomic E-state index is 12.5. The summed E-state index contributed by atoms with van der Waals surface area (Å²) in [5.41, 5.74) is 2.51. The maximum absolute atomic E-state index is 12.5. The average molecular weight is 282 g/mol. The van der Waals surface area contributed by atoms with E-state index in [0.29, 0.717) is 6.54 Å². The van der Waals surface area contributed by atoms with Crippen molar-refractivity contribution < 1.29 is 5.11 Å². The molecule has 4 nitrogen and oxygen atoms in total. The van der Waals surface area contributed by atoms with Crippen molar-refractivity contribution in [3.8, 4) is 0 Å². The van der Waals surface area contributed by atoms with Gasteiger partial charge in [-0.25, -0.2) is 4.79 Å². The van der Waals surface area contributed by atoms with E-state index < -0.39 is 6.10 Å². The van der Waals surface area contributed by atoms with Crippen molar-refractivity contribution >= 4 is 11.0 Å². The summed E-state index contributed by atoms with van der Waals surface area (Å²) in [5.74, 6) is 0. The Morgan fingerprint density at radius 3 is 2.14 bits per heavy atom. The summed E-state index contributed by atoms with van der Waals surface area (Å²) in [4.78, 5) is 12.5. The minimum absolute atomic E-state index is 0.0753. The Balaban J connectivity index is 2.05. The number of aryl methyl sites for hydroxylation is 1. The number of aliphatic hydroxyl groups excluding tert-OH is 1. The van der Waals surface area contributed by atoms with E-state index in [4.69, 9.17) is 0 Å². The van der Waals surface area contributed by atoms with Crippen molar-refractivity contribution in [1.29, 1.82) is 0 Å². The van der Waals surface area contributed by atoms with Crippen LogP contribution in [0.15, 0.2) is 59.4 Å². The Hall–Kier alpha value is -2.33. The number of aliphatic hydroxyl groups is 1. The van der Waals surface area contributed by atoms with Crippen LogP contribution in [0, 0.1) is 0 Å². The average Bonchev–Trinajstić information content (AvgIpc) is 2.80. The lowest BCUT2D eigenvalue weighted by atomic mass is 10.1. The number of aromatic nitrogens is 2. The highest BCUT2D eigenvalue weighted by Gasteiger charge is 2.15. The molecule has 0 aliphatic rings. The number of hydrogen-bond acceptors (Lipinski definition) is 2. The Kier molecular flexibility index (Phi) is 3.62. The molecular weight excluding hydrogens is 264 g/mol. The first kappa shape index (κ1) is 13.6. The first-order valence-corrected chi connectivity index (χ1v) is 7.13. The second-order valence-corrected chi connectivity index (χ2v) is 5.05. The molecule has 1 unspecified atom stereocenters. The van der Waals surface area contributed by atoms with E-state index in [0.717, 1.165) is 16.6 Å². The van der Waals surface area contributed by atoms with Crippen LogP contribution in [0.4, 0.5) is 0 Å². The van der Waals surface area contributed by atoms with Crippen LogP contribution >= 0.6 is 0 Å². The SMILES string of the molecule is CCn1c(=O)n(CC(O)c2ccccc2)c2ccccc21. The van der Waals surface area contributed by atoms with Crippen molar-refractivity contribution in [3.63, 3.8) is 0 Å². The zero-order valence-electron chi connectivity index (χ0n) is 11.9. The minimum Gasteiger partial charge on any atom is -0.387 e. The van der Waals surface area contributed by atoms with E-state index >= 15 is 0 Å². The lowest BCUT2D eigenvalue weighted by Gasteiger charge is -2.11. The number of para-hydroxylation sites is 2. The maximum Gasteiger partial charge on any atom is 0.329 e. The van der Waals surface area contributed by atoms with Gasteiger partial charge < -0.3 is 5.11 Å². The van der Waals surface area contributed by atoms with Crippen LogP contribution < -0.4 is 5.69 Å². The van der Waals surface area contributed by atoms with Gasteiger partial charge in [0.05, 0.1) is 23.7 Å². The Morgan fingerprint density at radius 1 is 0.952 bits per heavy atom. The second-order valence-electron chi connectivity index (χ2n) is 5.05. The van der Waals surface area contributed by atoms with Crippen molar-refractivity contribution in [3.05, 3.63) is 70.6 Å². The molecule has 3 aromatic rings. The zero-order chi connectivity index (χ0) is 14.8. The molecule has 0 aliphatic heterocycles. The Bertz CT molecular complexity index is 803. The monoisotopic (exact) mass is 282 g/mol. The van der Waals surface area contributed by atoms with Crippen molar-refractivity contribution in [1.82, 2.24) is 9.13 Å². The van der Waals surface area contributed by atoms with Crippen molar-refractivity contribution in [2.24, 2.45) is 0 Å².